The largest absolute Gasteiger partial charge is 0.504 e. The maximum atomic E-state index is 12.8. The van der Waals surface area contributed by atoms with E-state index in [4.69, 9.17) is 54.8 Å². The lowest BCUT2D eigenvalue weighted by molar-refractivity contribution is -0.289. The Morgan fingerprint density at radius 2 is 0.853 bits per heavy atom. The summed E-state index contributed by atoms with van der Waals surface area (Å²) in [6, 6.07) is 25.7. The van der Waals surface area contributed by atoms with Crippen molar-refractivity contribution in [1.29, 1.82) is 0 Å². The van der Waals surface area contributed by atoms with Crippen molar-refractivity contribution in [3.63, 3.8) is 0 Å². The SMILES string of the molecule is CC1(O)CC(O)C2OC(C)(C)OC2C1.Cc1ccc(/C=C/C(=O)Cl)cc1C.Cc1ccc(/C=C/C(=O)OC2CC(C)(OC(=O)/C=C/c3ccc(C)c(C)c3)CC3OC(C)(C)OC23)cc1C.O=C(/C=C/c1ccc(O)c(O)c1)OC1CC(COO)(OC(=O)/C=C/c2ccc(O)c(O)c2)CC(O)C1O. The first-order valence-electron chi connectivity index (χ1n) is 33.2. The van der Waals surface area contributed by atoms with Crippen LogP contribution in [0.4, 0.5) is 0 Å². The Morgan fingerprint density at radius 1 is 0.451 bits per heavy atom. The van der Waals surface area contributed by atoms with Crippen molar-refractivity contribution in [3.05, 3.63) is 183 Å². The number of carbonyl (C=O) groups is 5. The molecule has 102 heavy (non-hydrogen) atoms. The van der Waals surface area contributed by atoms with Crippen LogP contribution in [0.3, 0.4) is 0 Å². The van der Waals surface area contributed by atoms with E-state index in [0.29, 0.717) is 36.8 Å². The van der Waals surface area contributed by atoms with Crippen LogP contribution in [0.1, 0.15) is 141 Å². The minimum atomic E-state index is -1.68. The van der Waals surface area contributed by atoms with Gasteiger partial charge in [-0.25, -0.2) is 24.1 Å². The highest BCUT2D eigenvalue weighted by molar-refractivity contribution is 6.66. The summed E-state index contributed by atoms with van der Waals surface area (Å²) in [7, 11) is 0. The molecule has 9 N–H and O–H groups in total. The monoisotopic (exact) mass is 1430 g/mol. The Hall–Kier alpha value is -8.56. The van der Waals surface area contributed by atoms with Crippen LogP contribution in [-0.4, -0.2) is 165 Å². The van der Waals surface area contributed by atoms with Crippen LogP contribution in [0.15, 0.2) is 121 Å². The maximum absolute atomic E-state index is 12.8. The fourth-order valence-corrected chi connectivity index (χ4v) is 12.5. The molecule has 5 aliphatic rings. The van der Waals surface area contributed by atoms with E-state index in [1.165, 1.54) is 89.0 Å². The number of allylic oxidation sites excluding steroid dienone is 1. The van der Waals surface area contributed by atoms with Gasteiger partial charge in [-0.3, -0.25) is 10.1 Å². The van der Waals surface area contributed by atoms with E-state index in [-0.39, 0.29) is 42.7 Å². The number of hydrogen-bond acceptors (Lipinski definition) is 23. The molecule has 2 saturated heterocycles. The van der Waals surface area contributed by atoms with Gasteiger partial charge in [0.15, 0.2) is 34.6 Å². The van der Waals surface area contributed by atoms with Gasteiger partial charge in [-0.1, -0.05) is 72.8 Å². The zero-order chi connectivity index (χ0) is 75.2. The Balaban J connectivity index is 0.000000210. The lowest BCUT2D eigenvalue weighted by atomic mass is 9.79. The molecule has 0 bridgehead atoms. The van der Waals surface area contributed by atoms with Gasteiger partial charge in [0, 0.05) is 62.8 Å². The summed E-state index contributed by atoms with van der Waals surface area (Å²) < 4.78 is 45.9. The molecule has 5 fully saturated rings. The van der Waals surface area contributed by atoms with Gasteiger partial charge in [0.05, 0.1) is 30.0 Å². The third-order valence-corrected chi connectivity index (χ3v) is 18.0. The first-order chi connectivity index (χ1) is 47.7. The molecule has 0 radical (unpaired) electrons. The number of fused-ring (bicyclic) bond motifs is 2. The van der Waals surface area contributed by atoms with E-state index in [0.717, 1.165) is 40.0 Å². The number of ether oxygens (including phenoxy) is 8. The van der Waals surface area contributed by atoms with Gasteiger partial charge in [-0.05, 0) is 211 Å². The molecule has 10 rings (SSSR count). The van der Waals surface area contributed by atoms with Gasteiger partial charge >= 0.3 is 23.9 Å². The Labute approximate surface area is 598 Å². The van der Waals surface area contributed by atoms with Gasteiger partial charge in [0.1, 0.15) is 48.3 Å². The minimum absolute atomic E-state index is 0.191. The van der Waals surface area contributed by atoms with E-state index >= 15 is 0 Å². The average Bonchev–Trinajstić information content (AvgIpc) is 1.49. The van der Waals surface area contributed by atoms with Gasteiger partial charge in [0.2, 0.25) is 5.24 Å². The predicted octanol–water partition coefficient (Wildman–Crippen LogP) is 11.1. The number of aryl methyl sites for hydroxylation is 6. The van der Waals surface area contributed by atoms with E-state index in [1.807, 2.05) is 124 Å². The average molecular weight is 1430 g/mol. The number of esters is 4. The third kappa shape index (κ3) is 23.8. The molecule has 0 aromatic heterocycles. The molecule has 24 heteroatoms. The molecule has 5 aromatic carbocycles. The van der Waals surface area contributed by atoms with E-state index in [1.54, 1.807) is 25.2 Å². The summed E-state index contributed by atoms with van der Waals surface area (Å²) in [5.74, 6) is -5.73. The fourth-order valence-electron chi connectivity index (χ4n) is 12.4. The molecule has 23 nitrogen and oxygen atoms in total. The summed E-state index contributed by atoms with van der Waals surface area (Å²) in [5.41, 5.74) is 7.31. The standard InChI is InChI=1S/C32H38O6.C25H26O12.C11H11ClO.C10H18O4/c1-20-8-10-24(16-22(20)3)12-14-28(33)35-26-18-32(7,19-27-30(26)38-31(5,6)36-27)37-29(34)15-13-25-11-9-21(2)23(4)17-25;26-16-5-1-14(9-18(16)28)3-7-22(31)36-21-12-25(13-35-34,11-20(30)24(21)33)37-23(32)8-4-15-2-6-17(27)19(29)10-15;1-8-3-4-10(7-9(8)2)5-6-11(12)13;1-9(2)13-7-5-10(3,12)4-6(11)8(7)14-9/h8-17,26-27,30H,18-19H2,1-7H3;1-10,20-21,24,26-30,33-34H,11-13H2;3-7H,1-2H3;6-8,11-12H,4-5H2,1-3H3/b14-12+,15-13+;7-3+,8-4+;6-5+;. The van der Waals surface area contributed by atoms with Crippen LogP contribution < -0.4 is 0 Å². The molecule has 5 aromatic rings. The molecule has 3 aliphatic carbocycles. The van der Waals surface area contributed by atoms with Gasteiger partial charge < -0.3 is 78.7 Å². The van der Waals surface area contributed by atoms with Crippen LogP contribution in [0, 0.1) is 41.5 Å². The number of aromatic hydroxyl groups is 4. The Morgan fingerprint density at radius 3 is 1.29 bits per heavy atom. The second-order valence-corrected chi connectivity index (χ2v) is 28.2. The van der Waals surface area contributed by atoms with Crippen molar-refractivity contribution in [2.45, 2.75) is 205 Å². The van der Waals surface area contributed by atoms with Crippen molar-refractivity contribution in [2.75, 3.05) is 6.61 Å². The Bertz CT molecular complexity index is 3960. The molecule has 2 aliphatic heterocycles. The molecular formula is C78H93ClO23. The number of carbonyl (C=O) groups excluding carboxylic acids is 5. The normalized spacial score (nSPS) is 26.9. The van der Waals surface area contributed by atoms with Crippen LogP contribution in [0.25, 0.3) is 30.4 Å². The van der Waals surface area contributed by atoms with E-state index in [2.05, 4.69) is 11.8 Å². The summed E-state index contributed by atoms with van der Waals surface area (Å²) in [6.07, 6.45) is 7.97. The van der Waals surface area contributed by atoms with E-state index in [9.17, 15) is 64.8 Å². The lowest BCUT2D eigenvalue weighted by Gasteiger charge is -2.43. The predicted molar refractivity (Wildman–Crippen MR) is 379 cm³/mol. The maximum Gasteiger partial charge on any atom is 0.331 e. The number of aliphatic hydroxyl groups is 4. The summed E-state index contributed by atoms with van der Waals surface area (Å²) >= 11 is 5.17. The number of phenolic OH excluding ortho intramolecular Hbond substituents is 4. The molecule has 12 unspecified atom stereocenters. The van der Waals surface area contributed by atoms with E-state index < -0.39 is 112 Å². The number of aliphatic hydroxyl groups excluding tert-OH is 3. The van der Waals surface area contributed by atoms with Crippen molar-refractivity contribution in [2.24, 2.45) is 0 Å². The fraction of sp³-hybridized carbons (Fsp3) is 0.423. The van der Waals surface area contributed by atoms with Crippen LogP contribution in [0.2, 0.25) is 0 Å². The van der Waals surface area contributed by atoms with Crippen LogP contribution in [0.5, 0.6) is 23.0 Å². The molecule has 550 valence electrons. The Kier molecular flexibility index (Phi) is 27.4. The topological polar surface area (TPSA) is 350 Å². The van der Waals surface area contributed by atoms with Gasteiger partial charge in [-0.2, -0.15) is 0 Å². The molecule has 0 amide bonds. The number of halogens is 1. The number of benzene rings is 5. The molecule has 12 atom stereocenters. The van der Waals surface area contributed by atoms with Crippen LogP contribution in [-0.2, 0) is 66.8 Å². The lowest BCUT2D eigenvalue weighted by Crippen LogP contribution is -2.57. The second kappa shape index (κ2) is 34.6. The zero-order valence-electron chi connectivity index (χ0n) is 59.2. The zero-order valence-corrected chi connectivity index (χ0v) is 60.0. The van der Waals surface area contributed by atoms with Crippen molar-refractivity contribution < 1.29 is 113 Å². The van der Waals surface area contributed by atoms with Gasteiger partial charge in [0.25, 0.3) is 0 Å². The summed E-state index contributed by atoms with van der Waals surface area (Å²) in [5, 5.41) is 86.8. The highest BCUT2D eigenvalue weighted by Gasteiger charge is 2.56. The van der Waals surface area contributed by atoms with Gasteiger partial charge in [-0.15, -0.1) is 0 Å². The first-order valence-corrected chi connectivity index (χ1v) is 33.6. The summed E-state index contributed by atoms with van der Waals surface area (Å²) in [4.78, 5) is 65.1. The highest BCUT2D eigenvalue weighted by atomic mass is 35.5. The molecule has 0 spiro atoms. The highest BCUT2D eigenvalue weighted by Crippen LogP contribution is 2.45. The summed E-state index contributed by atoms with van der Waals surface area (Å²) in [6.45, 7) is 22.5. The van der Waals surface area contributed by atoms with Crippen molar-refractivity contribution in [1.82, 2.24) is 0 Å². The number of rotatable bonds is 16. The van der Waals surface area contributed by atoms with Crippen LogP contribution >= 0.6 is 11.6 Å². The molecule has 2 heterocycles. The smallest absolute Gasteiger partial charge is 0.331 e. The van der Waals surface area contributed by atoms with Crippen molar-refractivity contribution in [3.8, 4) is 23.0 Å². The number of phenols is 4. The van der Waals surface area contributed by atoms with Crippen molar-refractivity contribution >= 4 is 71.1 Å². The minimum Gasteiger partial charge on any atom is -0.504 e. The number of hydrogen-bond donors (Lipinski definition) is 9. The first kappa shape index (κ1) is 80.7. The molecular weight excluding hydrogens is 1340 g/mol. The molecule has 3 saturated carbocycles. The second-order valence-electron chi connectivity index (χ2n) is 27.8. The quantitative estimate of drug-likeness (QED) is 0.00843. The third-order valence-electron chi connectivity index (χ3n) is 17.8.